The van der Waals surface area contributed by atoms with E-state index in [1.807, 2.05) is 0 Å². The maximum Gasteiger partial charge on any atom is -0.00183 e. The zero-order valence-corrected chi connectivity index (χ0v) is 10.2. The largest absolute Gasteiger partial charge is 0.0937 e. The van der Waals surface area contributed by atoms with Gasteiger partial charge in [0.05, 0.1) is 0 Å². The van der Waals surface area contributed by atoms with E-state index in [-0.39, 0.29) is 0 Å². The maximum absolute atomic E-state index is 2.33. The lowest BCUT2D eigenvalue weighted by Crippen LogP contribution is -2.06. The van der Waals surface area contributed by atoms with Crippen LogP contribution >= 0.6 is 8.20 Å². The van der Waals surface area contributed by atoms with Crippen molar-refractivity contribution in [3.8, 4) is 0 Å². The van der Waals surface area contributed by atoms with Gasteiger partial charge in [-0.2, -0.15) is 0 Å². The highest BCUT2D eigenvalue weighted by Gasteiger charge is 2.17. The van der Waals surface area contributed by atoms with Gasteiger partial charge < -0.3 is 0 Å². The van der Waals surface area contributed by atoms with Gasteiger partial charge in [-0.3, -0.25) is 0 Å². The molecule has 0 saturated carbocycles. The molecular weight excluding hydrogens is 175 g/mol. The van der Waals surface area contributed by atoms with E-state index in [1.165, 1.54) is 19.1 Å². The molecule has 0 aromatic heterocycles. The average Bonchev–Trinajstić information content (AvgIpc) is 2.32. The Morgan fingerprint density at radius 3 is 2.15 bits per heavy atom. The number of allylic oxidation sites excluding steroid dienone is 4. The molecule has 0 fully saturated rings. The molecule has 0 saturated heterocycles. The van der Waals surface area contributed by atoms with Crippen LogP contribution in [0.4, 0.5) is 0 Å². The molecule has 0 bridgehead atoms. The SMILES string of the molecule is CC(C)/P=C1\C=CC(C(C)(C)C)=C1. The molecule has 0 amide bonds. The second-order valence-corrected chi connectivity index (χ2v) is 6.64. The fourth-order valence-electron chi connectivity index (χ4n) is 1.28. The lowest BCUT2D eigenvalue weighted by atomic mass is 9.87. The van der Waals surface area contributed by atoms with E-state index in [4.69, 9.17) is 0 Å². The van der Waals surface area contributed by atoms with Gasteiger partial charge in [-0.05, 0) is 28.0 Å². The van der Waals surface area contributed by atoms with Crippen LogP contribution in [0.3, 0.4) is 0 Å². The normalized spacial score (nSPS) is 20.2. The summed E-state index contributed by atoms with van der Waals surface area (Å²) in [6.45, 7) is 11.3. The fourth-order valence-corrected chi connectivity index (χ4v) is 2.25. The standard InChI is InChI=1S/C12H19P/c1-9(2)13-11-7-6-10(8-11)12(3,4)5/h6-9H,1-5H3. The van der Waals surface area contributed by atoms with E-state index in [0.29, 0.717) is 5.41 Å². The zero-order valence-electron chi connectivity index (χ0n) is 9.26. The third-order valence-corrected chi connectivity index (χ3v) is 3.10. The number of rotatable bonds is 1. The van der Waals surface area contributed by atoms with Gasteiger partial charge in [-0.15, -0.1) is 0 Å². The van der Waals surface area contributed by atoms with E-state index in [9.17, 15) is 0 Å². The summed E-state index contributed by atoms with van der Waals surface area (Å²) < 4.78 is 0. The van der Waals surface area contributed by atoms with Crippen LogP contribution in [0.25, 0.3) is 0 Å². The molecule has 1 rings (SSSR count). The fraction of sp³-hybridized carbons (Fsp3) is 0.583. The molecule has 0 radical (unpaired) electrons. The molecule has 1 heteroatoms. The minimum Gasteiger partial charge on any atom is -0.0937 e. The van der Waals surface area contributed by atoms with Gasteiger partial charge in [0.25, 0.3) is 0 Å². The van der Waals surface area contributed by atoms with Gasteiger partial charge >= 0.3 is 0 Å². The Morgan fingerprint density at radius 2 is 1.77 bits per heavy atom. The van der Waals surface area contributed by atoms with Crippen LogP contribution in [0.1, 0.15) is 34.6 Å². The molecular formula is C12H19P. The van der Waals surface area contributed by atoms with Crippen molar-refractivity contribution >= 4 is 13.5 Å². The summed E-state index contributed by atoms with van der Waals surface area (Å²) in [5.74, 6) is 0. The highest BCUT2D eigenvalue weighted by molar-refractivity contribution is 7.42. The van der Waals surface area contributed by atoms with E-state index in [0.717, 1.165) is 5.66 Å². The van der Waals surface area contributed by atoms with Gasteiger partial charge in [0.2, 0.25) is 0 Å². The van der Waals surface area contributed by atoms with Crippen LogP contribution < -0.4 is 0 Å². The Hall–Kier alpha value is -0.350. The van der Waals surface area contributed by atoms with Gasteiger partial charge in [0.15, 0.2) is 0 Å². The molecule has 1 aliphatic rings. The van der Waals surface area contributed by atoms with Crippen LogP contribution in [0.15, 0.2) is 23.8 Å². The van der Waals surface area contributed by atoms with Crippen molar-refractivity contribution in [3.63, 3.8) is 0 Å². The molecule has 1 aliphatic carbocycles. The summed E-state index contributed by atoms with van der Waals surface area (Å²) in [5.41, 5.74) is 2.48. The van der Waals surface area contributed by atoms with Crippen molar-refractivity contribution in [2.75, 3.05) is 0 Å². The first-order chi connectivity index (χ1) is 5.89. The zero-order chi connectivity index (χ0) is 10.1. The minimum absolute atomic E-state index is 0.296. The molecule has 0 aromatic carbocycles. The minimum atomic E-state index is 0.296. The Morgan fingerprint density at radius 1 is 1.15 bits per heavy atom. The van der Waals surface area contributed by atoms with Crippen molar-refractivity contribution in [1.29, 1.82) is 0 Å². The number of hydrogen-bond donors (Lipinski definition) is 0. The lowest BCUT2D eigenvalue weighted by Gasteiger charge is -2.17. The quantitative estimate of drug-likeness (QED) is 0.552. The third-order valence-electron chi connectivity index (χ3n) is 2.01. The van der Waals surface area contributed by atoms with Crippen molar-refractivity contribution in [1.82, 2.24) is 0 Å². The summed E-state index contributed by atoms with van der Waals surface area (Å²) in [7, 11) is 1.45. The van der Waals surface area contributed by atoms with Gasteiger partial charge in [0.1, 0.15) is 0 Å². The molecule has 0 spiro atoms. The van der Waals surface area contributed by atoms with Crippen molar-refractivity contribution in [2.24, 2.45) is 5.41 Å². The first kappa shape index (κ1) is 10.7. The van der Waals surface area contributed by atoms with Crippen LogP contribution in [0, 0.1) is 5.41 Å². The van der Waals surface area contributed by atoms with Crippen LogP contribution in [0.2, 0.25) is 0 Å². The molecule has 0 nitrogen and oxygen atoms in total. The van der Waals surface area contributed by atoms with E-state index in [2.05, 4.69) is 52.8 Å². The Balaban J connectivity index is 2.83. The molecule has 0 unspecified atom stereocenters. The Bertz CT molecular complexity index is 272. The van der Waals surface area contributed by atoms with Crippen LogP contribution in [-0.4, -0.2) is 11.0 Å². The van der Waals surface area contributed by atoms with Gasteiger partial charge in [0, 0.05) is 0 Å². The molecule has 0 aliphatic heterocycles. The molecule has 72 valence electrons. The summed E-state index contributed by atoms with van der Waals surface area (Å²) >= 11 is 0. The lowest BCUT2D eigenvalue weighted by molar-refractivity contribution is 0.519. The van der Waals surface area contributed by atoms with E-state index >= 15 is 0 Å². The second kappa shape index (κ2) is 3.80. The van der Waals surface area contributed by atoms with E-state index < -0.39 is 0 Å². The molecule has 0 heterocycles. The molecule has 0 N–H and O–H groups in total. The molecule has 0 aromatic rings. The molecule has 13 heavy (non-hydrogen) atoms. The van der Waals surface area contributed by atoms with Crippen molar-refractivity contribution in [3.05, 3.63) is 23.8 Å². The van der Waals surface area contributed by atoms with Gasteiger partial charge in [-0.1, -0.05) is 55.0 Å². The van der Waals surface area contributed by atoms with Gasteiger partial charge in [-0.25, -0.2) is 0 Å². The number of hydrogen-bond acceptors (Lipinski definition) is 0. The van der Waals surface area contributed by atoms with Crippen molar-refractivity contribution in [2.45, 2.75) is 40.3 Å². The Kier molecular flexibility index (Phi) is 3.14. The maximum atomic E-state index is 2.33. The third kappa shape index (κ3) is 3.12. The summed E-state index contributed by atoms with van der Waals surface area (Å²) in [5, 5.41) is 1.46. The highest BCUT2D eigenvalue weighted by atomic mass is 31.1. The first-order valence-electron chi connectivity index (χ1n) is 4.87. The van der Waals surface area contributed by atoms with Crippen LogP contribution in [-0.2, 0) is 0 Å². The average molecular weight is 194 g/mol. The highest BCUT2D eigenvalue weighted by Crippen LogP contribution is 2.30. The predicted molar refractivity (Wildman–Crippen MR) is 63.7 cm³/mol. The summed E-state index contributed by atoms with van der Waals surface area (Å²) in [6.07, 6.45) is 6.84. The van der Waals surface area contributed by atoms with E-state index in [1.54, 1.807) is 0 Å². The second-order valence-electron chi connectivity index (χ2n) is 4.83. The Labute approximate surface area is 83.5 Å². The van der Waals surface area contributed by atoms with Crippen LogP contribution in [0.5, 0.6) is 0 Å². The topological polar surface area (TPSA) is 0 Å². The monoisotopic (exact) mass is 194 g/mol. The summed E-state index contributed by atoms with van der Waals surface area (Å²) in [6, 6.07) is 0. The first-order valence-corrected chi connectivity index (χ1v) is 5.84. The predicted octanol–water partition coefficient (Wildman–Crippen LogP) is 4.06. The molecule has 0 atom stereocenters. The summed E-state index contributed by atoms with van der Waals surface area (Å²) in [4.78, 5) is 0. The van der Waals surface area contributed by atoms with Crippen molar-refractivity contribution < 1.29 is 0 Å². The smallest absolute Gasteiger partial charge is 0.00183 e.